The molecule has 0 unspecified atom stereocenters. The van der Waals surface area contributed by atoms with Crippen molar-refractivity contribution >= 4 is 75.3 Å². The third-order valence-corrected chi connectivity index (χ3v) is 12.2. The third-order valence-electron chi connectivity index (χ3n) is 11.1. The van der Waals surface area contributed by atoms with E-state index in [1.165, 1.54) is 20.2 Å². The van der Waals surface area contributed by atoms with E-state index in [1.54, 1.807) is 11.3 Å². The SMILES string of the molecule is c1ccc(-c2ccc(-c3nc(-c4cccc5oc6cc7c8ccccc8n(-c8ccccc8)c7cc6c45)nc(-c4cccc5sc6ccccc6c45)n3)cc2)cc1. The van der Waals surface area contributed by atoms with Gasteiger partial charge < -0.3 is 8.98 Å². The number of furan rings is 1. The van der Waals surface area contributed by atoms with Gasteiger partial charge in [0.25, 0.3) is 0 Å². The van der Waals surface area contributed by atoms with Gasteiger partial charge in [0.1, 0.15) is 11.2 Å². The van der Waals surface area contributed by atoms with E-state index in [2.05, 4.69) is 168 Å². The molecule has 57 heavy (non-hydrogen) atoms. The van der Waals surface area contributed by atoms with Gasteiger partial charge in [0.15, 0.2) is 17.5 Å². The predicted octanol–water partition coefficient (Wildman–Crippen LogP) is 13.9. The van der Waals surface area contributed by atoms with Crippen molar-refractivity contribution in [2.24, 2.45) is 0 Å². The van der Waals surface area contributed by atoms with Gasteiger partial charge in [0.05, 0.1) is 11.0 Å². The molecule has 0 atom stereocenters. The minimum Gasteiger partial charge on any atom is -0.456 e. The molecule has 5 nitrogen and oxygen atoms in total. The van der Waals surface area contributed by atoms with Crippen molar-refractivity contribution in [3.63, 3.8) is 0 Å². The Morgan fingerprint density at radius 3 is 1.81 bits per heavy atom. The summed E-state index contributed by atoms with van der Waals surface area (Å²) in [6.07, 6.45) is 0. The van der Waals surface area contributed by atoms with Crippen LogP contribution in [0.3, 0.4) is 0 Å². The molecule has 0 fully saturated rings. The van der Waals surface area contributed by atoms with Gasteiger partial charge in [-0.3, -0.25) is 0 Å². The lowest BCUT2D eigenvalue weighted by atomic mass is 10.0. The molecule has 0 saturated carbocycles. The first-order valence-corrected chi connectivity index (χ1v) is 19.8. The van der Waals surface area contributed by atoms with Crippen LogP contribution in [0.5, 0.6) is 0 Å². The maximum Gasteiger partial charge on any atom is 0.164 e. The molecule has 0 spiro atoms. The first kappa shape index (κ1) is 31.9. The molecule has 0 N–H and O–H groups in total. The van der Waals surface area contributed by atoms with Gasteiger partial charge in [0, 0.05) is 64.1 Å². The van der Waals surface area contributed by atoms with Crippen molar-refractivity contribution in [2.75, 3.05) is 0 Å². The molecule has 8 aromatic carbocycles. The van der Waals surface area contributed by atoms with Gasteiger partial charge in [-0.1, -0.05) is 133 Å². The molecule has 0 aliphatic carbocycles. The quantitative estimate of drug-likeness (QED) is 0.176. The fourth-order valence-electron chi connectivity index (χ4n) is 8.48. The molecule has 6 heteroatoms. The Balaban J connectivity index is 1.12. The van der Waals surface area contributed by atoms with E-state index in [1.807, 2.05) is 18.2 Å². The van der Waals surface area contributed by atoms with Crippen LogP contribution in [0, 0.1) is 0 Å². The number of aromatic nitrogens is 4. The Kier molecular flexibility index (Phi) is 7.03. The first-order chi connectivity index (χ1) is 28.2. The molecule has 0 aliphatic heterocycles. The lowest BCUT2D eigenvalue weighted by molar-refractivity contribution is 0.669. The van der Waals surface area contributed by atoms with Gasteiger partial charge in [-0.15, -0.1) is 11.3 Å². The Bertz CT molecular complexity index is 3510. The number of para-hydroxylation sites is 2. The highest BCUT2D eigenvalue weighted by molar-refractivity contribution is 7.25. The maximum absolute atomic E-state index is 6.69. The molecular formula is C51H30N4OS. The third kappa shape index (κ3) is 5.04. The molecule has 0 saturated heterocycles. The summed E-state index contributed by atoms with van der Waals surface area (Å²) in [7, 11) is 0. The molecule has 0 bridgehead atoms. The van der Waals surface area contributed by atoms with Crippen LogP contribution >= 0.6 is 11.3 Å². The second-order valence-electron chi connectivity index (χ2n) is 14.4. The normalized spacial score (nSPS) is 11.9. The highest BCUT2D eigenvalue weighted by Gasteiger charge is 2.22. The largest absolute Gasteiger partial charge is 0.456 e. The van der Waals surface area contributed by atoms with Crippen LogP contribution in [0.15, 0.2) is 186 Å². The number of hydrogen-bond donors (Lipinski definition) is 0. The number of hydrogen-bond acceptors (Lipinski definition) is 5. The molecule has 4 heterocycles. The molecule has 12 rings (SSSR count). The molecule has 12 aromatic rings. The highest BCUT2D eigenvalue weighted by atomic mass is 32.1. The van der Waals surface area contributed by atoms with Crippen LogP contribution in [0.2, 0.25) is 0 Å². The lowest BCUT2D eigenvalue weighted by Crippen LogP contribution is -2.00. The predicted molar refractivity (Wildman–Crippen MR) is 236 cm³/mol. The topological polar surface area (TPSA) is 56.7 Å². The van der Waals surface area contributed by atoms with Crippen LogP contribution in [-0.2, 0) is 0 Å². The number of nitrogens with zero attached hydrogens (tertiary/aromatic N) is 4. The monoisotopic (exact) mass is 746 g/mol. The second kappa shape index (κ2) is 12.6. The van der Waals surface area contributed by atoms with E-state index in [0.29, 0.717) is 17.5 Å². The average molecular weight is 747 g/mol. The summed E-state index contributed by atoms with van der Waals surface area (Å²) < 4.78 is 11.5. The zero-order chi connectivity index (χ0) is 37.5. The van der Waals surface area contributed by atoms with Crippen LogP contribution in [-0.4, -0.2) is 19.5 Å². The van der Waals surface area contributed by atoms with Gasteiger partial charge >= 0.3 is 0 Å². The van der Waals surface area contributed by atoms with Gasteiger partial charge in [-0.05, 0) is 59.7 Å². The van der Waals surface area contributed by atoms with Crippen molar-refractivity contribution < 1.29 is 4.42 Å². The molecular weight excluding hydrogens is 717 g/mol. The van der Waals surface area contributed by atoms with Gasteiger partial charge in [-0.2, -0.15) is 0 Å². The van der Waals surface area contributed by atoms with E-state index in [0.717, 1.165) is 77.2 Å². The number of rotatable bonds is 5. The minimum absolute atomic E-state index is 0.593. The zero-order valence-corrected chi connectivity index (χ0v) is 31.2. The van der Waals surface area contributed by atoms with E-state index in [9.17, 15) is 0 Å². The molecule has 0 radical (unpaired) electrons. The van der Waals surface area contributed by atoms with Crippen molar-refractivity contribution in [3.8, 4) is 51.0 Å². The Labute approximate surface area is 330 Å². The number of fused-ring (bicyclic) bond motifs is 9. The highest BCUT2D eigenvalue weighted by Crippen LogP contribution is 2.43. The van der Waals surface area contributed by atoms with Crippen molar-refractivity contribution in [1.82, 2.24) is 19.5 Å². The lowest BCUT2D eigenvalue weighted by Gasteiger charge is -2.11. The molecule has 0 amide bonds. The van der Waals surface area contributed by atoms with E-state index < -0.39 is 0 Å². The van der Waals surface area contributed by atoms with Gasteiger partial charge in [-0.25, -0.2) is 15.0 Å². The fraction of sp³-hybridized carbons (Fsp3) is 0. The van der Waals surface area contributed by atoms with Crippen molar-refractivity contribution in [3.05, 3.63) is 182 Å². The van der Waals surface area contributed by atoms with E-state index >= 15 is 0 Å². The van der Waals surface area contributed by atoms with Crippen molar-refractivity contribution in [1.29, 1.82) is 0 Å². The summed E-state index contributed by atoms with van der Waals surface area (Å²) >= 11 is 1.79. The molecule has 4 aromatic heterocycles. The van der Waals surface area contributed by atoms with Gasteiger partial charge in [0.2, 0.25) is 0 Å². The van der Waals surface area contributed by atoms with Crippen LogP contribution < -0.4 is 0 Å². The van der Waals surface area contributed by atoms with Crippen molar-refractivity contribution in [2.45, 2.75) is 0 Å². The van der Waals surface area contributed by atoms with Crippen LogP contribution in [0.1, 0.15) is 0 Å². The Morgan fingerprint density at radius 2 is 1.00 bits per heavy atom. The average Bonchev–Trinajstić information content (AvgIpc) is 3.95. The summed E-state index contributed by atoms with van der Waals surface area (Å²) in [5.41, 5.74) is 10.1. The minimum atomic E-state index is 0.593. The van der Waals surface area contributed by atoms with Crippen LogP contribution in [0.4, 0.5) is 0 Å². The smallest absolute Gasteiger partial charge is 0.164 e. The second-order valence-corrected chi connectivity index (χ2v) is 15.4. The first-order valence-electron chi connectivity index (χ1n) is 19.0. The summed E-state index contributed by atoms with van der Waals surface area (Å²) in [4.78, 5) is 15.8. The zero-order valence-electron chi connectivity index (χ0n) is 30.4. The number of thiophene rings is 1. The summed E-state index contributed by atoms with van der Waals surface area (Å²) in [6, 6.07) is 63.7. The summed E-state index contributed by atoms with van der Waals surface area (Å²) in [5.74, 6) is 1.84. The van der Waals surface area contributed by atoms with Crippen LogP contribution in [0.25, 0.3) is 115 Å². The maximum atomic E-state index is 6.69. The Morgan fingerprint density at radius 1 is 0.386 bits per heavy atom. The summed E-state index contributed by atoms with van der Waals surface area (Å²) in [5, 5.41) is 6.66. The molecule has 0 aliphatic rings. The standard InChI is InChI=1S/C51H30N4OS/c1-3-13-31(14-4-1)32-25-27-33(28-26-32)49-52-50(54-51(53-49)38-20-12-24-46-48(38)36-18-8-10-23-45(36)57-46)37-19-11-22-43-47(37)40-29-42-39(30-44(40)56-43)35-17-7-9-21-41(35)55(42)34-15-5-2-6-16-34/h1-30H. The Hall–Kier alpha value is -7.41. The van der Waals surface area contributed by atoms with E-state index in [-0.39, 0.29) is 0 Å². The van der Waals surface area contributed by atoms with E-state index in [4.69, 9.17) is 19.4 Å². The summed E-state index contributed by atoms with van der Waals surface area (Å²) in [6.45, 7) is 0. The number of benzene rings is 8. The fourth-order valence-corrected chi connectivity index (χ4v) is 9.61. The molecule has 266 valence electrons.